The van der Waals surface area contributed by atoms with Gasteiger partial charge in [0, 0.05) is 7.05 Å². The number of rotatable bonds is 2. The van der Waals surface area contributed by atoms with Crippen LogP contribution < -0.4 is 11.2 Å². The molecule has 0 spiro atoms. The van der Waals surface area contributed by atoms with Crippen molar-refractivity contribution >= 4 is 5.97 Å². The van der Waals surface area contributed by atoms with E-state index in [0.717, 1.165) is 4.57 Å². The SMILES string of the molecule is CCOC(=O)c1n[nH]c(=O)n(C)c1=O. The number of esters is 1. The van der Waals surface area contributed by atoms with Gasteiger partial charge in [-0.25, -0.2) is 14.7 Å². The standard InChI is InChI=1S/C7H9N3O4/c1-3-14-6(12)4-5(11)10(2)7(13)9-8-4/h3H2,1-2H3,(H,9,13). The third kappa shape index (κ3) is 1.70. The van der Waals surface area contributed by atoms with Gasteiger partial charge in [-0.15, -0.1) is 0 Å². The number of ether oxygens (including phenoxy) is 1. The average molecular weight is 199 g/mol. The van der Waals surface area contributed by atoms with Crippen molar-refractivity contribution in [2.75, 3.05) is 6.61 Å². The highest BCUT2D eigenvalue weighted by molar-refractivity contribution is 5.86. The predicted molar refractivity (Wildman–Crippen MR) is 46.1 cm³/mol. The molecular weight excluding hydrogens is 190 g/mol. The Hall–Kier alpha value is -1.92. The number of carbonyl (C=O) groups is 1. The van der Waals surface area contributed by atoms with Gasteiger partial charge in [0.15, 0.2) is 0 Å². The summed E-state index contributed by atoms with van der Waals surface area (Å²) in [5.74, 6) is -0.843. The molecule has 0 aliphatic heterocycles. The first-order chi connectivity index (χ1) is 6.57. The summed E-state index contributed by atoms with van der Waals surface area (Å²) < 4.78 is 5.32. The average Bonchev–Trinajstić information content (AvgIpc) is 2.15. The van der Waals surface area contributed by atoms with Crippen molar-refractivity contribution in [1.29, 1.82) is 0 Å². The topological polar surface area (TPSA) is 94.0 Å². The molecule has 0 aliphatic rings. The van der Waals surface area contributed by atoms with Gasteiger partial charge >= 0.3 is 11.7 Å². The lowest BCUT2D eigenvalue weighted by molar-refractivity contribution is 0.0514. The number of H-pyrrole nitrogens is 1. The van der Waals surface area contributed by atoms with Crippen molar-refractivity contribution in [2.45, 2.75) is 6.92 Å². The number of hydrogen-bond donors (Lipinski definition) is 1. The normalized spacial score (nSPS) is 9.86. The van der Waals surface area contributed by atoms with E-state index in [1.54, 1.807) is 6.92 Å². The summed E-state index contributed by atoms with van der Waals surface area (Å²) in [7, 11) is 1.24. The Morgan fingerprint density at radius 1 is 1.57 bits per heavy atom. The zero-order valence-electron chi connectivity index (χ0n) is 7.73. The Bertz CT molecular complexity index is 459. The van der Waals surface area contributed by atoms with Crippen LogP contribution in [0.3, 0.4) is 0 Å². The van der Waals surface area contributed by atoms with Crippen LogP contribution in [0.25, 0.3) is 0 Å². The van der Waals surface area contributed by atoms with Crippen LogP contribution in [0, 0.1) is 0 Å². The highest BCUT2D eigenvalue weighted by Gasteiger charge is 2.15. The van der Waals surface area contributed by atoms with E-state index in [0.29, 0.717) is 0 Å². The van der Waals surface area contributed by atoms with Crippen molar-refractivity contribution in [1.82, 2.24) is 14.8 Å². The van der Waals surface area contributed by atoms with Crippen LogP contribution in [0.5, 0.6) is 0 Å². The number of aromatic nitrogens is 3. The van der Waals surface area contributed by atoms with E-state index < -0.39 is 22.9 Å². The molecule has 14 heavy (non-hydrogen) atoms. The molecule has 76 valence electrons. The second kappa shape index (κ2) is 3.86. The Morgan fingerprint density at radius 3 is 2.79 bits per heavy atom. The number of nitrogens with one attached hydrogen (secondary N) is 1. The second-order valence-corrected chi connectivity index (χ2v) is 2.46. The van der Waals surface area contributed by atoms with Crippen molar-refractivity contribution < 1.29 is 9.53 Å². The molecule has 0 aromatic carbocycles. The summed E-state index contributed by atoms with van der Waals surface area (Å²) in [5, 5.41) is 5.32. The molecule has 0 amide bonds. The fraction of sp³-hybridized carbons (Fsp3) is 0.429. The van der Waals surface area contributed by atoms with Gasteiger partial charge in [-0.3, -0.25) is 9.36 Å². The first-order valence-electron chi connectivity index (χ1n) is 3.90. The molecule has 0 atom stereocenters. The number of aromatic amines is 1. The van der Waals surface area contributed by atoms with Gasteiger partial charge < -0.3 is 4.74 Å². The fourth-order valence-electron chi connectivity index (χ4n) is 0.810. The Kier molecular flexibility index (Phi) is 2.80. The molecular formula is C7H9N3O4. The summed E-state index contributed by atoms with van der Waals surface area (Å²) in [4.78, 5) is 33.3. The molecule has 0 saturated carbocycles. The van der Waals surface area contributed by atoms with Gasteiger partial charge in [0.25, 0.3) is 5.56 Å². The fourth-order valence-corrected chi connectivity index (χ4v) is 0.810. The van der Waals surface area contributed by atoms with Gasteiger partial charge in [0.2, 0.25) is 5.69 Å². The highest BCUT2D eigenvalue weighted by atomic mass is 16.5. The summed E-state index contributed by atoms with van der Waals surface area (Å²) in [5.41, 5.74) is -1.87. The van der Waals surface area contributed by atoms with Crippen molar-refractivity contribution in [3.8, 4) is 0 Å². The molecule has 0 aliphatic carbocycles. The molecule has 7 nitrogen and oxygen atoms in total. The van der Waals surface area contributed by atoms with E-state index in [-0.39, 0.29) is 6.61 Å². The molecule has 0 bridgehead atoms. The number of carbonyl (C=O) groups excluding carboxylic acids is 1. The Morgan fingerprint density at radius 2 is 2.21 bits per heavy atom. The smallest absolute Gasteiger partial charge is 0.364 e. The molecule has 0 saturated heterocycles. The molecule has 0 unspecified atom stereocenters. The lowest BCUT2D eigenvalue weighted by Gasteiger charge is -2.00. The van der Waals surface area contributed by atoms with E-state index in [9.17, 15) is 14.4 Å². The minimum absolute atomic E-state index is 0.142. The molecule has 7 heteroatoms. The third-order valence-electron chi connectivity index (χ3n) is 1.54. The summed E-state index contributed by atoms with van der Waals surface area (Å²) in [6.45, 7) is 1.75. The molecule has 1 rings (SSSR count). The van der Waals surface area contributed by atoms with Gasteiger partial charge in [-0.2, -0.15) is 5.10 Å². The molecule has 1 aromatic rings. The maximum Gasteiger partial charge on any atom is 0.364 e. The largest absolute Gasteiger partial charge is 0.461 e. The van der Waals surface area contributed by atoms with Crippen LogP contribution in [-0.4, -0.2) is 27.3 Å². The molecule has 1 aromatic heterocycles. The minimum Gasteiger partial charge on any atom is -0.461 e. The maximum atomic E-state index is 11.3. The van der Waals surface area contributed by atoms with E-state index in [2.05, 4.69) is 9.84 Å². The summed E-state index contributed by atoms with van der Waals surface area (Å²) in [6.07, 6.45) is 0. The summed E-state index contributed by atoms with van der Waals surface area (Å²) >= 11 is 0. The lowest BCUT2D eigenvalue weighted by atomic mass is 10.4. The molecule has 1 heterocycles. The van der Waals surface area contributed by atoms with Crippen LogP contribution in [0.2, 0.25) is 0 Å². The second-order valence-electron chi connectivity index (χ2n) is 2.46. The van der Waals surface area contributed by atoms with Gasteiger partial charge in [-0.05, 0) is 6.92 Å². The van der Waals surface area contributed by atoms with Crippen molar-refractivity contribution in [3.05, 3.63) is 26.5 Å². The van der Waals surface area contributed by atoms with Crippen LogP contribution in [0.4, 0.5) is 0 Å². The number of hydrogen-bond acceptors (Lipinski definition) is 5. The predicted octanol–water partition coefficient (Wildman–Crippen LogP) is -1.35. The Labute approximate surface area is 78.3 Å². The number of nitrogens with zero attached hydrogens (tertiary/aromatic N) is 2. The third-order valence-corrected chi connectivity index (χ3v) is 1.54. The van der Waals surface area contributed by atoms with E-state index in [1.165, 1.54) is 7.05 Å². The first kappa shape index (κ1) is 10.2. The molecule has 0 radical (unpaired) electrons. The molecule has 0 fully saturated rings. The lowest BCUT2D eigenvalue weighted by Crippen LogP contribution is -2.38. The van der Waals surface area contributed by atoms with E-state index in [4.69, 9.17) is 0 Å². The first-order valence-corrected chi connectivity index (χ1v) is 3.90. The zero-order chi connectivity index (χ0) is 10.7. The van der Waals surface area contributed by atoms with Crippen LogP contribution in [-0.2, 0) is 11.8 Å². The minimum atomic E-state index is -0.843. The maximum absolute atomic E-state index is 11.3. The van der Waals surface area contributed by atoms with Crippen molar-refractivity contribution in [3.63, 3.8) is 0 Å². The van der Waals surface area contributed by atoms with E-state index >= 15 is 0 Å². The van der Waals surface area contributed by atoms with Gasteiger partial charge in [0.1, 0.15) is 0 Å². The van der Waals surface area contributed by atoms with Crippen molar-refractivity contribution in [2.24, 2.45) is 7.05 Å². The zero-order valence-corrected chi connectivity index (χ0v) is 7.73. The quantitative estimate of drug-likeness (QED) is 0.594. The van der Waals surface area contributed by atoms with E-state index in [1.807, 2.05) is 5.10 Å². The molecule has 1 N–H and O–H groups in total. The van der Waals surface area contributed by atoms with Gasteiger partial charge in [-0.1, -0.05) is 0 Å². The summed E-state index contributed by atoms with van der Waals surface area (Å²) in [6, 6.07) is 0. The van der Waals surface area contributed by atoms with Crippen LogP contribution in [0.15, 0.2) is 9.59 Å². The van der Waals surface area contributed by atoms with Crippen LogP contribution >= 0.6 is 0 Å². The monoisotopic (exact) mass is 199 g/mol. The Balaban J connectivity index is 3.25. The van der Waals surface area contributed by atoms with Gasteiger partial charge in [0.05, 0.1) is 6.61 Å². The highest BCUT2D eigenvalue weighted by Crippen LogP contribution is 1.86. The van der Waals surface area contributed by atoms with Crippen LogP contribution in [0.1, 0.15) is 17.4 Å².